The van der Waals surface area contributed by atoms with Crippen molar-refractivity contribution >= 4 is 87.5 Å². The van der Waals surface area contributed by atoms with E-state index < -0.39 is 0 Å². The number of hydrogen-bond acceptors (Lipinski definition) is 1. The summed E-state index contributed by atoms with van der Waals surface area (Å²) in [6.07, 6.45) is 6.16. The van der Waals surface area contributed by atoms with Gasteiger partial charge in [0.05, 0.1) is 16.7 Å². The Morgan fingerprint density at radius 2 is 1.17 bits per heavy atom. The van der Waals surface area contributed by atoms with Gasteiger partial charge >= 0.3 is 0 Å². The highest BCUT2D eigenvalue weighted by Crippen LogP contribution is 2.50. The van der Waals surface area contributed by atoms with E-state index in [1.165, 1.54) is 104 Å². The van der Waals surface area contributed by atoms with Crippen molar-refractivity contribution in [2.75, 3.05) is 4.90 Å². The maximum absolute atomic E-state index is 3.94. The first-order valence-corrected chi connectivity index (χ1v) is 22.0. The molecular formula is C61H46N2. The van der Waals surface area contributed by atoms with E-state index in [9.17, 15) is 0 Å². The molecule has 10 aromatic carbocycles. The SMILES string of the molecule is C=C/C=C\C1=C(C)c2ccc(-c3cccc(N(c4ccc5c(c4)c4cc(C)ccc4n5-c4ccccc4)c4ccc5c6cccc7cccc(c8cccc4c85)c76)c3)cc2C1(C)C. The van der Waals surface area contributed by atoms with Gasteiger partial charge in [-0.05, 0) is 152 Å². The summed E-state index contributed by atoms with van der Waals surface area (Å²) in [6.45, 7) is 13.1. The van der Waals surface area contributed by atoms with Gasteiger partial charge in [-0.1, -0.05) is 153 Å². The number of benzene rings is 10. The van der Waals surface area contributed by atoms with Crippen molar-refractivity contribution in [2.45, 2.75) is 33.1 Å². The summed E-state index contributed by atoms with van der Waals surface area (Å²) in [5.41, 5.74) is 15.8. The number of anilines is 3. The number of aromatic nitrogens is 1. The van der Waals surface area contributed by atoms with Gasteiger partial charge in [-0.3, -0.25) is 0 Å². The highest BCUT2D eigenvalue weighted by Gasteiger charge is 2.35. The molecule has 63 heavy (non-hydrogen) atoms. The van der Waals surface area contributed by atoms with E-state index in [0.29, 0.717) is 0 Å². The highest BCUT2D eigenvalue weighted by molar-refractivity contribution is 6.34. The Hall–Kier alpha value is -7.68. The van der Waals surface area contributed by atoms with E-state index >= 15 is 0 Å². The molecule has 0 radical (unpaired) electrons. The molecule has 300 valence electrons. The first-order valence-electron chi connectivity index (χ1n) is 22.0. The third-order valence-electron chi connectivity index (χ3n) is 13.9. The van der Waals surface area contributed by atoms with Crippen LogP contribution in [-0.4, -0.2) is 4.57 Å². The van der Waals surface area contributed by atoms with Crippen molar-refractivity contribution in [3.8, 4) is 16.8 Å². The third kappa shape index (κ3) is 5.51. The summed E-state index contributed by atoms with van der Waals surface area (Å²) in [7, 11) is 0. The highest BCUT2D eigenvalue weighted by atomic mass is 15.1. The number of rotatable bonds is 7. The van der Waals surface area contributed by atoms with Gasteiger partial charge in [0.25, 0.3) is 0 Å². The topological polar surface area (TPSA) is 8.17 Å². The van der Waals surface area contributed by atoms with Crippen LogP contribution in [0.15, 0.2) is 206 Å². The summed E-state index contributed by atoms with van der Waals surface area (Å²) in [4.78, 5) is 2.50. The Morgan fingerprint density at radius 1 is 0.524 bits per heavy atom. The Morgan fingerprint density at radius 3 is 1.95 bits per heavy atom. The van der Waals surface area contributed by atoms with Gasteiger partial charge in [0.1, 0.15) is 0 Å². The third-order valence-corrected chi connectivity index (χ3v) is 13.9. The molecule has 2 heteroatoms. The van der Waals surface area contributed by atoms with Crippen LogP contribution in [0.1, 0.15) is 37.5 Å². The second-order valence-electron chi connectivity index (χ2n) is 17.9. The zero-order chi connectivity index (χ0) is 42.6. The van der Waals surface area contributed by atoms with Crippen LogP contribution in [0, 0.1) is 6.92 Å². The molecule has 12 rings (SSSR count). The summed E-state index contributed by atoms with van der Waals surface area (Å²) >= 11 is 0. The molecule has 1 heterocycles. The zero-order valence-corrected chi connectivity index (χ0v) is 36.1. The molecule has 1 aliphatic rings. The lowest BCUT2D eigenvalue weighted by Crippen LogP contribution is -2.16. The molecule has 0 fully saturated rings. The second kappa shape index (κ2) is 13.9. The van der Waals surface area contributed by atoms with Crippen molar-refractivity contribution < 1.29 is 0 Å². The number of hydrogen-bond donors (Lipinski definition) is 0. The summed E-state index contributed by atoms with van der Waals surface area (Å²) < 4.78 is 2.41. The zero-order valence-electron chi connectivity index (χ0n) is 36.1. The Bertz CT molecular complexity index is 3690. The molecule has 0 spiro atoms. The molecule has 1 aromatic heterocycles. The quantitative estimate of drug-likeness (QED) is 0.0885. The number of fused-ring (bicyclic) bond motifs is 6. The average molecular weight is 807 g/mol. The number of nitrogens with zero attached hydrogens (tertiary/aromatic N) is 2. The molecule has 0 amide bonds. The van der Waals surface area contributed by atoms with E-state index in [0.717, 1.165) is 22.7 Å². The fraction of sp³-hybridized carbons (Fsp3) is 0.0820. The normalized spacial score (nSPS) is 13.8. The van der Waals surface area contributed by atoms with Crippen molar-refractivity contribution in [1.82, 2.24) is 4.57 Å². The minimum atomic E-state index is -0.127. The van der Waals surface area contributed by atoms with Gasteiger partial charge in [-0.2, -0.15) is 0 Å². The second-order valence-corrected chi connectivity index (χ2v) is 17.9. The molecule has 2 nitrogen and oxygen atoms in total. The monoisotopic (exact) mass is 806 g/mol. The average Bonchev–Trinajstić information content (AvgIpc) is 3.73. The molecule has 0 N–H and O–H groups in total. The lowest BCUT2D eigenvalue weighted by Gasteiger charge is -2.28. The van der Waals surface area contributed by atoms with Crippen molar-refractivity contribution in [2.24, 2.45) is 0 Å². The van der Waals surface area contributed by atoms with Crippen LogP contribution in [0.2, 0.25) is 0 Å². The predicted molar refractivity (Wildman–Crippen MR) is 272 cm³/mol. The standard InChI is InChI=1S/C61H46N2/c1-6-7-25-54-39(3)46-29-27-42(36-55(46)61(54,4)5)41-17-11-20-44(35-41)62(45-28-32-58-53(37-45)52-34-38(2)26-31-57(52)63(58)43-18-9-8-10-19-43)56-33-30-50-48-22-13-16-40-15-12-21-47(59(40)48)49-23-14-24-51(56)60(49)50/h6-37H,1H2,2-5H3/b25-7-. The van der Waals surface area contributed by atoms with Gasteiger partial charge < -0.3 is 9.47 Å². The maximum atomic E-state index is 3.94. The van der Waals surface area contributed by atoms with Crippen LogP contribution < -0.4 is 4.90 Å². The van der Waals surface area contributed by atoms with Crippen molar-refractivity contribution in [3.63, 3.8) is 0 Å². The van der Waals surface area contributed by atoms with Crippen molar-refractivity contribution in [1.29, 1.82) is 0 Å². The molecule has 0 unspecified atom stereocenters. The van der Waals surface area contributed by atoms with E-state index in [1.54, 1.807) is 0 Å². The van der Waals surface area contributed by atoms with Crippen LogP contribution in [0.5, 0.6) is 0 Å². The van der Waals surface area contributed by atoms with Crippen LogP contribution >= 0.6 is 0 Å². The van der Waals surface area contributed by atoms with Crippen LogP contribution in [0.3, 0.4) is 0 Å². The van der Waals surface area contributed by atoms with Crippen LogP contribution in [0.25, 0.3) is 87.3 Å². The van der Waals surface area contributed by atoms with Gasteiger partial charge in [-0.15, -0.1) is 0 Å². The van der Waals surface area contributed by atoms with Gasteiger partial charge in [-0.25, -0.2) is 0 Å². The summed E-state index contributed by atoms with van der Waals surface area (Å²) in [6, 6.07) is 65.9. The molecule has 1 aliphatic carbocycles. The van der Waals surface area contributed by atoms with Gasteiger partial charge in [0, 0.05) is 38.6 Å². The minimum absolute atomic E-state index is 0.127. The van der Waals surface area contributed by atoms with Crippen LogP contribution in [0.4, 0.5) is 17.1 Å². The predicted octanol–water partition coefficient (Wildman–Crippen LogP) is 17.1. The molecule has 0 saturated carbocycles. The van der Waals surface area contributed by atoms with Crippen LogP contribution in [-0.2, 0) is 5.41 Å². The number of para-hydroxylation sites is 1. The Kier molecular flexibility index (Phi) is 8.20. The van der Waals surface area contributed by atoms with E-state index in [4.69, 9.17) is 0 Å². The maximum Gasteiger partial charge on any atom is 0.0542 e. The summed E-state index contributed by atoms with van der Waals surface area (Å²) in [5.74, 6) is 0. The van der Waals surface area contributed by atoms with E-state index in [2.05, 4.69) is 232 Å². The number of allylic oxidation sites excluding steroid dienone is 5. The summed E-state index contributed by atoms with van der Waals surface area (Å²) in [5, 5.41) is 12.8. The fourth-order valence-corrected chi connectivity index (χ4v) is 11.0. The molecule has 11 aromatic rings. The first kappa shape index (κ1) is 37.1. The number of aryl methyl sites for hydroxylation is 1. The largest absolute Gasteiger partial charge is 0.310 e. The molecule has 0 saturated heterocycles. The molecule has 0 bridgehead atoms. The van der Waals surface area contributed by atoms with Gasteiger partial charge in [0.2, 0.25) is 0 Å². The van der Waals surface area contributed by atoms with Crippen molar-refractivity contribution in [3.05, 3.63) is 223 Å². The smallest absolute Gasteiger partial charge is 0.0542 e. The van der Waals surface area contributed by atoms with Gasteiger partial charge in [0.15, 0.2) is 0 Å². The fourth-order valence-electron chi connectivity index (χ4n) is 11.0. The lowest BCUT2D eigenvalue weighted by atomic mass is 9.80. The Labute approximate surface area is 368 Å². The van der Waals surface area contributed by atoms with E-state index in [1.807, 2.05) is 6.08 Å². The minimum Gasteiger partial charge on any atom is -0.310 e. The molecule has 0 atom stereocenters. The molecular weight excluding hydrogens is 761 g/mol. The van der Waals surface area contributed by atoms with E-state index in [-0.39, 0.29) is 5.41 Å². The lowest BCUT2D eigenvalue weighted by molar-refractivity contribution is 0.654. The first-order chi connectivity index (χ1) is 30.8. The molecule has 0 aliphatic heterocycles. The Balaban J connectivity index is 1.11.